The standard InChI is InChI=1S/C35H42Cl2N6O5/c1-35(2,3)48-34(45)41(4)32-27-19-43(20-28(27)32)33-38-16-26(17-39-33)47-30-11-22(10-29(40-30)23-13-24(36)15-25(37)14-23)18-42-8-6-21(7-9-42)12-31(44)46-5/h10-11,13-17,21,27-28,32H,6-9,12,18-20H2,1-5H3/t27-,28+,32?. The summed E-state index contributed by atoms with van der Waals surface area (Å²) in [6, 6.07) is 9.48. The molecule has 2 saturated heterocycles. The molecule has 1 aliphatic carbocycles. The van der Waals surface area contributed by atoms with Crippen molar-refractivity contribution in [2.75, 3.05) is 45.2 Å². The fourth-order valence-electron chi connectivity index (χ4n) is 6.81. The van der Waals surface area contributed by atoms with Crippen molar-refractivity contribution in [1.29, 1.82) is 0 Å². The zero-order valence-electron chi connectivity index (χ0n) is 28.0. The van der Waals surface area contributed by atoms with Crippen LogP contribution in [0.5, 0.6) is 11.6 Å². The zero-order valence-corrected chi connectivity index (χ0v) is 29.5. The third kappa shape index (κ3) is 8.30. The quantitative estimate of drug-likeness (QED) is 0.224. The lowest BCUT2D eigenvalue weighted by Gasteiger charge is -2.31. The van der Waals surface area contributed by atoms with Crippen LogP contribution in [0.15, 0.2) is 42.7 Å². The van der Waals surface area contributed by atoms with Gasteiger partial charge in [0.25, 0.3) is 0 Å². The average Bonchev–Trinajstić information content (AvgIpc) is 3.52. The second-order valence-corrected chi connectivity index (χ2v) is 14.9. The van der Waals surface area contributed by atoms with Crippen LogP contribution in [0.25, 0.3) is 11.3 Å². The van der Waals surface area contributed by atoms with Crippen molar-refractivity contribution in [3.63, 3.8) is 0 Å². The Morgan fingerprint density at radius 2 is 1.62 bits per heavy atom. The topological polar surface area (TPSA) is 110 Å². The summed E-state index contributed by atoms with van der Waals surface area (Å²) in [5, 5.41) is 1.04. The van der Waals surface area contributed by atoms with Crippen molar-refractivity contribution in [2.45, 2.75) is 58.2 Å². The first-order chi connectivity index (χ1) is 22.8. The number of piperidine rings is 2. The number of hydrogen-bond donors (Lipinski definition) is 0. The number of nitrogens with zero attached hydrogens (tertiary/aromatic N) is 6. The molecule has 1 unspecified atom stereocenters. The van der Waals surface area contributed by atoms with Gasteiger partial charge in [0.2, 0.25) is 11.8 Å². The third-order valence-corrected chi connectivity index (χ3v) is 9.65. The lowest BCUT2D eigenvalue weighted by atomic mass is 9.93. The summed E-state index contributed by atoms with van der Waals surface area (Å²) in [6.45, 7) is 9.63. The van der Waals surface area contributed by atoms with Gasteiger partial charge in [-0.1, -0.05) is 23.2 Å². The largest absolute Gasteiger partial charge is 0.469 e. The smallest absolute Gasteiger partial charge is 0.410 e. The molecule has 1 aromatic carbocycles. The molecule has 3 aromatic rings. The van der Waals surface area contributed by atoms with Gasteiger partial charge in [-0.05, 0) is 82.4 Å². The van der Waals surface area contributed by atoms with Crippen LogP contribution in [0.1, 0.15) is 45.6 Å². The summed E-state index contributed by atoms with van der Waals surface area (Å²) >= 11 is 12.7. The Kier molecular flexibility index (Phi) is 10.0. The molecule has 0 radical (unpaired) electrons. The normalized spacial score (nSPS) is 21.1. The predicted octanol–water partition coefficient (Wildman–Crippen LogP) is 6.71. The van der Waals surface area contributed by atoms with Crippen LogP contribution < -0.4 is 9.64 Å². The number of methoxy groups -OCH3 is 1. The molecular weight excluding hydrogens is 655 g/mol. The number of carbonyl (C=O) groups excluding carboxylic acids is 2. The summed E-state index contributed by atoms with van der Waals surface area (Å²) < 4.78 is 16.6. The SMILES string of the molecule is COC(=O)CC1CCN(Cc2cc(Oc3cnc(N4C[C@@H]5C(N(C)C(=O)OC(C)(C)C)[C@@H]5C4)nc3)nc(-c3cc(Cl)cc(Cl)c3)c2)CC1. The van der Waals surface area contributed by atoms with Gasteiger partial charge in [0.1, 0.15) is 5.60 Å². The molecule has 0 N–H and O–H groups in total. The molecular formula is C35H42Cl2N6O5. The number of benzene rings is 1. The molecule has 13 heteroatoms. The van der Waals surface area contributed by atoms with Gasteiger partial charge < -0.3 is 24.0 Å². The highest BCUT2D eigenvalue weighted by atomic mass is 35.5. The molecule has 2 aliphatic heterocycles. The van der Waals surface area contributed by atoms with Crippen LogP contribution in [0.4, 0.5) is 10.7 Å². The van der Waals surface area contributed by atoms with E-state index >= 15 is 0 Å². The van der Waals surface area contributed by atoms with Crippen molar-refractivity contribution in [3.05, 3.63) is 58.3 Å². The summed E-state index contributed by atoms with van der Waals surface area (Å²) in [5.41, 5.74) is 1.97. The van der Waals surface area contributed by atoms with Crippen molar-refractivity contribution in [2.24, 2.45) is 17.8 Å². The molecule has 0 spiro atoms. The maximum absolute atomic E-state index is 12.5. The second-order valence-electron chi connectivity index (χ2n) is 14.0. The maximum Gasteiger partial charge on any atom is 0.410 e. The Bertz CT molecular complexity index is 1610. The number of amides is 1. The Balaban J connectivity index is 1.12. The molecule has 48 heavy (non-hydrogen) atoms. The fourth-order valence-corrected chi connectivity index (χ4v) is 7.34. The summed E-state index contributed by atoms with van der Waals surface area (Å²) in [7, 11) is 3.25. The zero-order chi connectivity index (χ0) is 34.2. The first-order valence-corrected chi connectivity index (χ1v) is 17.1. The van der Waals surface area contributed by atoms with Gasteiger partial charge in [0, 0.05) is 72.7 Å². The molecule has 3 atom stereocenters. The van der Waals surface area contributed by atoms with E-state index in [4.69, 9.17) is 42.4 Å². The molecule has 0 bridgehead atoms. The molecule has 6 rings (SSSR count). The highest BCUT2D eigenvalue weighted by molar-refractivity contribution is 6.35. The van der Waals surface area contributed by atoms with E-state index in [2.05, 4.69) is 19.8 Å². The monoisotopic (exact) mass is 696 g/mol. The number of rotatable bonds is 9. The number of aromatic nitrogens is 3. The van der Waals surface area contributed by atoms with E-state index < -0.39 is 5.60 Å². The van der Waals surface area contributed by atoms with Crippen LogP contribution in [-0.2, 0) is 20.8 Å². The van der Waals surface area contributed by atoms with Crippen LogP contribution in [0.3, 0.4) is 0 Å². The highest BCUT2D eigenvalue weighted by Gasteiger charge is 2.59. The Morgan fingerprint density at radius 1 is 0.979 bits per heavy atom. The minimum Gasteiger partial charge on any atom is -0.469 e. The van der Waals surface area contributed by atoms with Gasteiger partial charge in [-0.3, -0.25) is 9.69 Å². The molecule has 256 valence electrons. The fraction of sp³-hybridized carbons (Fsp3) is 0.514. The molecule has 4 heterocycles. The minimum atomic E-state index is -0.522. The van der Waals surface area contributed by atoms with E-state index in [1.54, 1.807) is 23.4 Å². The highest BCUT2D eigenvalue weighted by Crippen LogP contribution is 2.49. The van der Waals surface area contributed by atoms with Crippen LogP contribution in [0.2, 0.25) is 10.0 Å². The van der Waals surface area contributed by atoms with Crippen LogP contribution in [0, 0.1) is 17.8 Å². The third-order valence-electron chi connectivity index (χ3n) is 9.21. The van der Waals surface area contributed by atoms with Crippen molar-refractivity contribution in [1.82, 2.24) is 24.8 Å². The van der Waals surface area contributed by atoms with Gasteiger partial charge in [0.05, 0.1) is 25.2 Å². The molecule has 1 amide bonds. The average molecular weight is 698 g/mol. The summed E-state index contributed by atoms with van der Waals surface area (Å²) in [6.07, 6.45) is 5.36. The number of esters is 1. The first kappa shape index (κ1) is 34.2. The molecule has 11 nitrogen and oxygen atoms in total. The second kappa shape index (κ2) is 14.1. The van der Waals surface area contributed by atoms with E-state index in [-0.39, 0.29) is 18.1 Å². The maximum atomic E-state index is 12.5. The van der Waals surface area contributed by atoms with E-state index in [1.165, 1.54) is 7.11 Å². The van der Waals surface area contributed by atoms with E-state index in [1.807, 2.05) is 52.1 Å². The van der Waals surface area contributed by atoms with E-state index in [9.17, 15) is 9.59 Å². The van der Waals surface area contributed by atoms with E-state index in [0.717, 1.165) is 50.1 Å². The number of ether oxygens (including phenoxy) is 3. The number of halogens is 2. The van der Waals surface area contributed by atoms with Crippen molar-refractivity contribution in [3.8, 4) is 22.9 Å². The number of fused-ring (bicyclic) bond motifs is 1. The Hall–Kier alpha value is -3.67. The van der Waals surface area contributed by atoms with Crippen molar-refractivity contribution >= 4 is 41.2 Å². The molecule has 2 aromatic heterocycles. The van der Waals surface area contributed by atoms with E-state index in [0.29, 0.717) is 64.0 Å². The molecule has 3 aliphatic rings. The Morgan fingerprint density at radius 3 is 2.23 bits per heavy atom. The van der Waals surface area contributed by atoms with Gasteiger partial charge >= 0.3 is 12.1 Å². The van der Waals surface area contributed by atoms with Crippen molar-refractivity contribution < 1.29 is 23.8 Å². The summed E-state index contributed by atoms with van der Waals surface area (Å²) in [5.74, 6) is 2.42. The number of anilines is 1. The lowest BCUT2D eigenvalue weighted by Crippen LogP contribution is -2.39. The first-order valence-electron chi connectivity index (χ1n) is 16.3. The van der Waals surface area contributed by atoms with Gasteiger partial charge in [-0.15, -0.1) is 0 Å². The van der Waals surface area contributed by atoms with Gasteiger partial charge in [0.15, 0.2) is 5.75 Å². The predicted molar refractivity (Wildman–Crippen MR) is 183 cm³/mol. The van der Waals surface area contributed by atoms with Gasteiger partial charge in [-0.25, -0.2) is 19.7 Å². The van der Waals surface area contributed by atoms with Gasteiger partial charge in [-0.2, -0.15) is 0 Å². The Labute approximate surface area is 291 Å². The lowest BCUT2D eigenvalue weighted by molar-refractivity contribution is -0.142. The van der Waals surface area contributed by atoms with Crippen LogP contribution in [-0.4, -0.2) is 88.8 Å². The summed E-state index contributed by atoms with van der Waals surface area (Å²) in [4.78, 5) is 44.5. The van der Waals surface area contributed by atoms with Crippen LogP contribution >= 0.6 is 23.2 Å². The number of likely N-dealkylation sites (tertiary alicyclic amines) is 1. The number of hydrogen-bond acceptors (Lipinski definition) is 10. The molecule has 1 saturated carbocycles. The molecule has 3 fully saturated rings. The minimum absolute atomic E-state index is 0.153. The number of carbonyl (C=O) groups is 2. The number of pyridine rings is 1.